The van der Waals surface area contributed by atoms with Gasteiger partial charge >= 0.3 is 5.97 Å². The number of rotatable bonds is 6. The van der Waals surface area contributed by atoms with Gasteiger partial charge in [0.05, 0.1) is 35.6 Å². The minimum atomic E-state index is -0.379. The molecule has 37 heavy (non-hydrogen) atoms. The third-order valence-corrected chi connectivity index (χ3v) is 7.80. The highest BCUT2D eigenvalue weighted by atomic mass is 32.1. The summed E-state index contributed by atoms with van der Waals surface area (Å²) in [6.07, 6.45) is 2.48. The van der Waals surface area contributed by atoms with Crippen LogP contribution in [0.1, 0.15) is 58.3 Å². The summed E-state index contributed by atoms with van der Waals surface area (Å²) in [5, 5.41) is 4.38. The predicted molar refractivity (Wildman–Crippen MR) is 148 cm³/mol. The number of para-hydroxylation sites is 1. The molecule has 0 radical (unpaired) electrons. The Kier molecular flexibility index (Phi) is 6.98. The Morgan fingerprint density at radius 1 is 1.11 bits per heavy atom. The molecule has 1 aliphatic carbocycles. The van der Waals surface area contributed by atoms with Gasteiger partial charge in [0.2, 0.25) is 0 Å². The first-order valence-electron chi connectivity index (χ1n) is 12.5. The van der Waals surface area contributed by atoms with Gasteiger partial charge in [0.25, 0.3) is 5.91 Å². The van der Waals surface area contributed by atoms with Gasteiger partial charge in [-0.05, 0) is 81.0 Å². The molecule has 0 spiro atoms. The zero-order chi connectivity index (χ0) is 26.1. The summed E-state index contributed by atoms with van der Waals surface area (Å²) in [5.74, 6) is 0.633. The number of carbonyl (C=O) groups is 2. The number of esters is 1. The quantitative estimate of drug-likeness (QED) is 0.283. The average molecular weight is 515 g/mol. The average Bonchev–Trinajstić information content (AvgIpc) is 3.24. The van der Waals surface area contributed by atoms with Crippen LogP contribution in [-0.4, -0.2) is 30.1 Å². The molecule has 7 heteroatoms. The molecule has 6 nitrogen and oxygen atoms in total. The number of amides is 1. The highest BCUT2D eigenvalue weighted by molar-refractivity contribution is 7.17. The highest BCUT2D eigenvalue weighted by Crippen LogP contribution is 2.40. The fraction of sp³-hybridized carbons (Fsp3) is 0.300. The third kappa shape index (κ3) is 5.09. The molecular formula is C30H30N2O4S. The zero-order valence-corrected chi connectivity index (χ0v) is 22.3. The first-order chi connectivity index (χ1) is 17.8. The second-order valence-corrected chi connectivity index (χ2v) is 10.9. The van der Waals surface area contributed by atoms with Gasteiger partial charge in [-0.15, -0.1) is 11.3 Å². The van der Waals surface area contributed by atoms with Crippen molar-refractivity contribution in [1.29, 1.82) is 0 Å². The van der Waals surface area contributed by atoms with Gasteiger partial charge in [0.15, 0.2) is 0 Å². The van der Waals surface area contributed by atoms with Crippen molar-refractivity contribution in [2.24, 2.45) is 5.92 Å². The number of anilines is 1. The molecule has 2 aromatic carbocycles. The third-order valence-electron chi connectivity index (χ3n) is 6.63. The van der Waals surface area contributed by atoms with E-state index >= 15 is 0 Å². The number of benzene rings is 2. The van der Waals surface area contributed by atoms with Crippen molar-refractivity contribution in [2.75, 3.05) is 12.4 Å². The highest BCUT2D eigenvalue weighted by Gasteiger charge is 2.30. The lowest BCUT2D eigenvalue weighted by Crippen LogP contribution is -2.19. The van der Waals surface area contributed by atoms with Crippen LogP contribution >= 0.6 is 11.3 Å². The standard InChI is InChI=1S/C30H30N2O4S/c1-17(2)36-30(34)27-22-14-9-18(3)15-26(22)37-29(27)32-28(33)23-16-25(19-10-12-20(35-4)13-11-19)31-24-8-6-5-7-21(23)24/h5-8,10-13,16-18H,9,14-15H2,1-4H3,(H,32,33). The second kappa shape index (κ2) is 10.3. The van der Waals surface area contributed by atoms with Gasteiger partial charge in [-0.3, -0.25) is 4.79 Å². The van der Waals surface area contributed by atoms with Crippen LogP contribution in [0, 0.1) is 5.92 Å². The topological polar surface area (TPSA) is 77.5 Å². The molecule has 1 atom stereocenters. The SMILES string of the molecule is COc1ccc(-c2cc(C(=O)Nc3sc4c(c3C(=O)OC(C)C)CCC(C)C4)c3ccccc3n2)cc1. The largest absolute Gasteiger partial charge is 0.497 e. The van der Waals surface area contributed by atoms with Crippen molar-refractivity contribution in [1.82, 2.24) is 4.98 Å². The van der Waals surface area contributed by atoms with E-state index in [1.807, 2.05) is 62.4 Å². The molecule has 2 heterocycles. The fourth-order valence-corrected chi connectivity index (χ4v) is 6.17. The number of nitrogens with one attached hydrogen (secondary N) is 1. The Morgan fingerprint density at radius 2 is 1.86 bits per heavy atom. The van der Waals surface area contributed by atoms with Crippen LogP contribution < -0.4 is 10.1 Å². The monoisotopic (exact) mass is 514 g/mol. The Hall–Kier alpha value is -3.71. The molecule has 5 rings (SSSR count). The van der Waals surface area contributed by atoms with Crippen molar-refractivity contribution >= 4 is 39.1 Å². The van der Waals surface area contributed by atoms with Crippen LogP contribution in [0.25, 0.3) is 22.2 Å². The Balaban J connectivity index is 1.56. The smallest absolute Gasteiger partial charge is 0.341 e. The van der Waals surface area contributed by atoms with Gasteiger partial charge < -0.3 is 14.8 Å². The van der Waals surface area contributed by atoms with E-state index in [4.69, 9.17) is 14.5 Å². The van der Waals surface area contributed by atoms with Crippen LogP contribution in [-0.2, 0) is 17.6 Å². The number of fused-ring (bicyclic) bond motifs is 2. The number of hydrogen-bond donors (Lipinski definition) is 1. The lowest BCUT2D eigenvalue weighted by Gasteiger charge is -2.19. The molecule has 0 saturated heterocycles. The van der Waals surface area contributed by atoms with Crippen LogP contribution in [0.4, 0.5) is 5.00 Å². The maximum absolute atomic E-state index is 13.8. The molecule has 1 N–H and O–H groups in total. The van der Waals surface area contributed by atoms with Gasteiger partial charge in [-0.1, -0.05) is 25.1 Å². The minimum absolute atomic E-state index is 0.245. The number of carbonyl (C=O) groups excluding carboxylic acids is 2. The number of nitrogens with zero attached hydrogens (tertiary/aromatic N) is 1. The van der Waals surface area contributed by atoms with E-state index in [1.165, 1.54) is 11.3 Å². The molecule has 0 aliphatic heterocycles. The molecule has 0 saturated carbocycles. The summed E-state index contributed by atoms with van der Waals surface area (Å²) < 4.78 is 10.9. The van der Waals surface area contributed by atoms with Gasteiger partial charge in [0.1, 0.15) is 10.8 Å². The molecule has 1 amide bonds. The van der Waals surface area contributed by atoms with Crippen molar-refractivity contribution in [3.8, 4) is 17.0 Å². The number of thiophene rings is 1. The molecule has 2 aromatic heterocycles. The first kappa shape index (κ1) is 25.0. The fourth-order valence-electron chi connectivity index (χ4n) is 4.77. The van der Waals surface area contributed by atoms with Crippen molar-refractivity contribution < 1.29 is 19.1 Å². The zero-order valence-electron chi connectivity index (χ0n) is 21.5. The van der Waals surface area contributed by atoms with Crippen molar-refractivity contribution in [3.05, 3.63) is 76.2 Å². The number of aromatic nitrogens is 1. The molecule has 0 fully saturated rings. The number of hydrogen-bond acceptors (Lipinski definition) is 6. The van der Waals surface area contributed by atoms with E-state index in [9.17, 15) is 9.59 Å². The van der Waals surface area contributed by atoms with E-state index in [0.717, 1.165) is 51.9 Å². The summed E-state index contributed by atoms with van der Waals surface area (Å²) in [6, 6.07) is 17.0. The van der Waals surface area contributed by atoms with Crippen LogP contribution in [0.15, 0.2) is 54.6 Å². The maximum Gasteiger partial charge on any atom is 0.341 e. The summed E-state index contributed by atoms with van der Waals surface area (Å²) in [5.41, 5.74) is 4.30. The molecule has 190 valence electrons. The van der Waals surface area contributed by atoms with Gasteiger partial charge in [-0.25, -0.2) is 9.78 Å². The normalized spacial score (nSPS) is 14.9. The summed E-state index contributed by atoms with van der Waals surface area (Å²) in [6.45, 7) is 5.89. The molecular weight excluding hydrogens is 484 g/mol. The first-order valence-corrected chi connectivity index (χ1v) is 13.4. The molecule has 4 aromatic rings. The van der Waals surface area contributed by atoms with Gasteiger partial charge in [-0.2, -0.15) is 0 Å². The van der Waals surface area contributed by atoms with E-state index in [-0.39, 0.29) is 18.0 Å². The molecule has 1 aliphatic rings. The van der Waals surface area contributed by atoms with E-state index < -0.39 is 0 Å². The summed E-state index contributed by atoms with van der Waals surface area (Å²) in [7, 11) is 1.63. The predicted octanol–water partition coefficient (Wildman–Crippen LogP) is 6.91. The lowest BCUT2D eigenvalue weighted by atomic mass is 9.88. The van der Waals surface area contributed by atoms with Crippen LogP contribution in [0.2, 0.25) is 0 Å². The van der Waals surface area contributed by atoms with Crippen LogP contribution in [0.5, 0.6) is 5.75 Å². The van der Waals surface area contributed by atoms with Gasteiger partial charge in [0, 0.05) is 15.8 Å². The molecule has 0 bridgehead atoms. The van der Waals surface area contributed by atoms with Crippen molar-refractivity contribution in [2.45, 2.75) is 46.1 Å². The van der Waals surface area contributed by atoms with E-state index in [1.54, 1.807) is 13.2 Å². The second-order valence-electron chi connectivity index (χ2n) is 9.76. The molecule has 1 unspecified atom stereocenters. The van der Waals surface area contributed by atoms with Crippen molar-refractivity contribution in [3.63, 3.8) is 0 Å². The van der Waals surface area contributed by atoms with E-state index in [2.05, 4.69) is 12.2 Å². The Bertz CT molecular complexity index is 1470. The Labute approximate surface area is 220 Å². The Morgan fingerprint density at radius 3 is 2.59 bits per heavy atom. The number of ether oxygens (including phenoxy) is 2. The summed E-state index contributed by atoms with van der Waals surface area (Å²) >= 11 is 1.49. The van der Waals surface area contributed by atoms with Crippen LogP contribution in [0.3, 0.4) is 0 Å². The minimum Gasteiger partial charge on any atom is -0.497 e. The summed E-state index contributed by atoms with van der Waals surface area (Å²) in [4.78, 5) is 32.9. The maximum atomic E-state index is 13.8. The number of pyridine rings is 1. The number of methoxy groups -OCH3 is 1. The van der Waals surface area contributed by atoms with E-state index in [0.29, 0.717) is 27.7 Å². The lowest BCUT2D eigenvalue weighted by molar-refractivity contribution is 0.0378.